The first-order chi connectivity index (χ1) is 8.66. The second-order valence-corrected chi connectivity index (χ2v) is 5.49. The van der Waals surface area contributed by atoms with E-state index in [1.807, 2.05) is 19.1 Å². The standard InChI is InChI=1S/C14H17ClO3/c1-8-11(3-5-17-8)13(16)12-7-10(15)6-9-2-4-18-14(9)12/h6-8,11,13,16H,2-5H2,1H3. The molecule has 3 rings (SSSR count). The first-order valence-electron chi connectivity index (χ1n) is 6.41. The quantitative estimate of drug-likeness (QED) is 0.896. The number of fused-ring (bicyclic) bond motifs is 1. The third kappa shape index (κ3) is 2.00. The minimum atomic E-state index is -0.562. The van der Waals surface area contributed by atoms with Gasteiger partial charge in [-0.2, -0.15) is 0 Å². The molecule has 3 nitrogen and oxygen atoms in total. The maximum atomic E-state index is 10.6. The predicted octanol–water partition coefficient (Wildman–Crippen LogP) is 2.73. The molecule has 0 bridgehead atoms. The van der Waals surface area contributed by atoms with Gasteiger partial charge in [0, 0.05) is 29.5 Å². The van der Waals surface area contributed by atoms with Gasteiger partial charge >= 0.3 is 0 Å². The Bertz CT molecular complexity index is 461. The highest BCUT2D eigenvalue weighted by Crippen LogP contribution is 2.41. The lowest BCUT2D eigenvalue weighted by molar-refractivity contribution is 0.0420. The van der Waals surface area contributed by atoms with Gasteiger partial charge in [-0.3, -0.25) is 0 Å². The molecule has 0 spiro atoms. The number of aliphatic hydroxyl groups is 1. The normalized spacial score (nSPS) is 27.9. The number of hydrogen-bond acceptors (Lipinski definition) is 3. The number of benzene rings is 1. The van der Waals surface area contributed by atoms with E-state index in [9.17, 15) is 5.11 Å². The lowest BCUT2D eigenvalue weighted by atomic mass is 9.89. The van der Waals surface area contributed by atoms with E-state index < -0.39 is 6.10 Å². The Morgan fingerprint density at radius 1 is 1.39 bits per heavy atom. The Hall–Kier alpha value is -0.770. The summed E-state index contributed by atoms with van der Waals surface area (Å²) in [6.45, 7) is 3.39. The molecule has 1 saturated heterocycles. The van der Waals surface area contributed by atoms with Crippen LogP contribution in [0.2, 0.25) is 5.02 Å². The zero-order chi connectivity index (χ0) is 12.7. The van der Waals surface area contributed by atoms with Crippen molar-refractivity contribution in [2.45, 2.75) is 32.0 Å². The topological polar surface area (TPSA) is 38.7 Å². The van der Waals surface area contributed by atoms with E-state index >= 15 is 0 Å². The van der Waals surface area contributed by atoms with Gasteiger partial charge in [-0.1, -0.05) is 11.6 Å². The van der Waals surface area contributed by atoms with Gasteiger partial charge in [0.15, 0.2) is 0 Å². The van der Waals surface area contributed by atoms with Crippen molar-refractivity contribution in [3.8, 4) is 5.75 Å². The number of rotatable bonds is 2. The minimum absolute atomic E-state index is 0.0797. The van der Waals surface area contributed by atoms with Crippen LogP contribution in [-0.4, -0.2) is 24.4 Å². The third-order valence-corrected chi connectivity index (χ3v) is 4.15. The SMILES string of the molecule is CC1OCCC1C(O)c1cc(Cl)cc2c1OCC2. The minimum Gasteiger partial charge on any atom is -0.493 e. The van der Waals surface area contributed by atoms with E-state index in [1.54, 1.807) is 0 Å². The highest BCUT2D eigenvalue weighted by molar-refractivity contribution is 6.30. The first-order valence-corrected chi connectivity index (χ1v) is 6.79. The van der Waals surface area contributed by atoms with Crippen molar-refractivity contribution in [3.05, 3.63) is 28.3 Å². The fourth-order valence-corrected chi connectivity index (χ4v) is 3.16. The molecule has 3 unspecified atom stereocenters. The van der Waals surface area contributed by atoms with Crippen LogP contribution in [0.3, 0.4) is 0 Å². The van der Waals surface area contributed by atoms with Gasteiger partial charge in [-0.05, 0) is 31.0 Å². The summed E-state index contributed by atoms with van der Waals surface area (Å²) in [4.78, 5) is 0. The van der Waals surface area contributed by atoms with Crippen molar-refractivity contribution < 1.29 is 14.6 Å². The highest BCUT2D eigenvalue weighted by Gasteiger charge is 2.34. The lowest BCUT2D eigenvalue weighted by Gasteiger charge is -2.23. The number of halogens is 1. The molecule has 0 aliphatic carbocycles. The highest BCUT2D eigenvalue weighted by atomic mass is 35.5. The Morgan fingerprint density at radius 2 is 2.22 bits per heavy atom. The molecule has 1 aromatic carbocycles. The Labute approximate surface area is 112 Å². The zero-order valence-corrected chi connectivity index (χ0v) is 11.1. The molecule has 3 atom stereocenters. The van der Waals surface area contributed by atoms with Crippen LogP contribution < -0.4 is 4.74 Å². The molecular weight excluding hydrogens is 252 g/mol. The van der Waals surface area contributed by atoms with Crippen LogP contribution in [0.15, 0.2) is 12.1 Å². The summed E-state index contributed by atoms with van der Waals surface area (Å²) in [5, 5.41) is 11.2. The van der Waals surface area contributed by atoms with Crippen LogP contribution in [-0.2, 0) is 11.2 Å². The second kappa shape index (κ2) is 4.72. The summed E-state index contributed by atoms with van der Waals surface area (Å²) in [7, 11) is 0. The van der Waals surface area contributed by atoms with Crippen LogP contribution in [0, 0.1) is 5.92 Å². The van der Waals surface area contributed by atoms with Crippen LogP contribution in [0.25, 0.3) is 0 Å². The van der Waals surface area contributed by atoms with Gasteiger partial charge in [0.25, 0.3) is 0 Å². The van der Waals surface area contributed by atoms with Gasteiger partial charge in [-0.15, -0.1) is 0 Å². The largest absolute Gasteiger partial charge is 0.493 e. The maximum Gasteiger partial charge on any atom is 0.128 e. The summed E-state index contributed by atoms with van der Waals surface area (Å²) < 4.78 is 11.2. The fraction of sp³-hybridized carbons (Fsp3) is 0.571. The first kappa shape index (κ1) is 12.3. The maximum absolute atomic E-state index is 10.6. The van der Waals surface area contributed by atoms with Crippen molar-refractivity contribution >= 4 is 11.6 Å². The van der Waals surface area contributed by atoms with E-state index in [2.05, 4.69) is 0 Å². The van der Waals surface area contributed by atoms with Crippen LogP contribution in [0.5, 0.6) is 5.75 Å². The summed E-state index contributed by atoms with van der Waals surface area (Å²) >= 11 is 6.12. The Balaban J connectivity index is 1.96. The molecule has 0 aromatic heterocycles. The average molecular weight is 269 g/mol. The Kier molecular flexibility index (Phi) is 3.22. The van der Waals surface area contributed by atoms with Crippen LogP contribution >= 0.6 is 11.6 Å². The van der Waals surface area contributed by atoms with E-state index in [1.165, 1.54) is 0 Å². The molecule has 2 heterocycles. The molecule has 0 saturated carbocycles. The van der Waals surface area contributed by atoms with E-state index in [0.717, 1.165) is 29.7 Å². The van der Waals surface area contributed by atoms with Gasteiger partial charge < -0.3 is 14.6 Å². The van der Waals surface area contributed by atoms with Gasteiger partial charge in [0.05, 0.1) is 18.8 Å². The lowest BCUT2D eigenvalue weighted by Crippen LogP contribution is -2.20. The van der Waals surface area contributed by atoms with Crippen molar-refractivity contribution in [2.24, 2.45) is 5.92 Å². The van der Waals surface area contributed by atoms with Crippen molar-refractivity contribution in [1.29, 1.82) is 0 Å². The van der Waals surface area contributed by atoms with Crippen molar-refractivity contribution in [2.75, 3.05) is 13.2 Å². The number of aliphatic hydroxyl groups excluding tert-OH is 1. The molecule has 18 heavy (non-hydrogen) atoms. The van der Waals surface area contributed by atoms with Crippen molar-refractivity contribution in [1.82, 2.24) is 0 Å². The van der Waals surface area contributed by atoms with Gasteiger partial charge in [-0.25, -0.2) is 0 Å². The van der Waals surface area contributed by atoms with Crippen LogP contribution in [0.4, 0.5) is 0 Å². The molecule has 1 N–H and O–H groups in total. The Morgan fingerprint density at radius 3 is 2.94 bits per heavy atom. The monoisotopic (exact) mass is 268 g/mol. The summed E-state index contributed by atoms with van der Waals surface area (Å²) in [6.07, 6.45) is 1.26. The van der Waals surface area contributed by atoms with Gasteiger partial charge in [0.2, 0.25) is 0 Å². The van der Waals surface area contributed by atoms with E-state index in [0.29, 0.717) is 18.2 Å². The average Bonchev–Trinajstić information content (AvgIpc) is 2.95. The molecule has 1 fully saturated rings. The smallest absolute Gasteiger partial charge is 0.128 e. The van der Waals surface area contributed by atoms with E-state index in [4.69, 9.17) is 21.1 Å². The molecule has 0 radical (unpaired) electrons. The molecule has 98 valence electrons. The summed E-state index contributed by atoms with van der Waals surface area (Å²) in [5.74, 6) is 0.947. The molecule has 4 heteroatoms. The van der Waals surface area contributed by atoms with Crippen molar-refractivity contribution in [3.63, 3.8) is 0 Å². The molecule has 2 aliphatic heterocycles. The summed E-state index contributed by atoms with van der Waals surface area (Å²) in [5.41, 5.74) is 1.92. The van der Waals surface area contributed by atoms with Crippen LogP contribution in [0.1, 0.15) is 30.6 Å². The second-order valence-electron chi connectivity index (χ2n) is 5.06. The van der Waals surface area contributed by atoms with E-state index in [-0.39, 0.29) is 12.0 Å². The molecule has 2 aliphatic rings. The number of hydrogen-bond donors (Lipinski definition) is 1. The zero-order valence-electron chi connectivity index (χ0n) is 10.4. The third-order valence-electron chi connectivity index (χ3n) is 3.94. The molecular formula is C14H17ClO3. The molecule has 1 aromatic rings. The molecule has 0 amide bonds. The number of ether oxygens (including phenoxy) is 2. The summed E-state index contributed by atoms with van der Waals surface area (Å²) in [6, 6.07) is 3.75. The predicted molar refractivity (Wildman–Crippen MR) is 69.1 cm³/mol. The van der Waals surface area contributed by atoms with Gasteiger partial charge in [0.1, 0.15) is 5.75 Å². The fourth-order valence-electron chi connectivity index (χ4n) is 2.91.